The molecule has 1 aromatic carbocycles. The Morgan fingerprint density at radius 2 is 1.97 bits per heavy atom. The van der Waals surface area contributed by atoms with Crippen LogP contribution in [0.25, 0.3) is 0 Å². The number of fused-ring (bicyclic) bond motifs is 2. The quantitative estimate of drug-likeness (QED) is 0.425. The van der Waals surface area contributed by atoms with Crippen LogP contribution in [-0.4, -0.2) is 54.9 Å². The Bertz CT molecular complexity index is 864. The predicted octanol–water partition coefficient (Wildman–Crippen LogP) is 2.53. The van der Waals surface area contributed by atoms with Gasteiger partial charge in [0.05, 0.1) is 5.92 Å². The molecule has 1 aromatic rings. The molecule has 0 amide bonds. The first-order valence-corrected chi connectivity index (χ1v) is 12.0. The van der Waals surface area contributed by atoms with Crippen LogP contribution in [-0.2, 0) is 9.53 Å². The molecule has 6 atom stereocenters. The molecule has 5 rings (SSSR count). The molecular weight excluding hydrogens is 406 g/mol. The fourth-order valence-corrected chi connectivity index (χ4v) is 6.75. The number of hydrogen-bond donors (Lipinski definition) is 2. The number of carbonyl (C=O) groups excluding carboxylic acids is 1. The second kappa shape index (κ2) is 8.45. The minimum Gasteiger partial charge on any atom is -0.595 e. The van der Waals surface area contributed by atoms with Gasteiger partial charge in [-0.15, -0.1) is 0 Å². The number of esters is 1. The number of nitrogens with zero attached hydrogens (tertiary/aromatic N) is 2. The summed E-state index contributed by atoms with van der Waals surface area (Å²) in [5, 5.41) is 19.3. The van der Waals surface area contributed by atoms with Gasteiger partial charge in [0.15, 0.2) is 5.69 Å². The van der Waals surface area contributed by atoms with Gasteiger partial charge >= 0.3 is 5.97 Å². The molecule has 4 aliphatic rings. The van der Waals surface area contributed by atoms with Crippen LogP contribution in [0.4, 0.5) is 11.4 Å². The van der Waals surface area contributed by atoms with E-state index >= 15 is 0 Å². The lowest BCUT2D eigenvalue weighted by atomic mass is 9.55. The zero-order chi connectivity index (χ0) is 22.5. The summed E-state index contributed by atoms with van der Waals surface area (Å²) in [5.41, 5.74) is 2.99. The number of hydrogen-bond acceptors (Lipinski definition) is 6. The van der Waals surface area contributed by atoms with E-state index in [4.69, 9.17) is 9.94 Å². The van der Waals surface area contributed by atoms with Gasteiger partial charge in [-0.1, -0.05) is 19.1 Å². The molecule has 2 N–H and O–H groups in total. The average Bonchev–Trinajstić information content (AvgIpc) is 3.06. The second-order valence-corrected chi connectivity index (χ2v) is 10.5. The van der Waals surface area contributed by atoms with E-state index in [9.17, 15) is 10.0 Å². The highest BCUT2D eigenvalue weighted by Gasteiger charge is 2.55. The minimum atomic E-state index is -0.900. The maximum Gasteiger partial charge on any atom is 0.310 e. The van der Waals surface area contributed by atoms with Crippen molar-refractivity contribution >= 4 is 17.3 Å². The van der Waals surface area contributed by atoms with Gasteiger partial charge < -0.3 is 14.8 Å². The van der Waals surface area contributed by atoms with E-state index in [2.05, 4.69) is 23.3 Å². The Morgan fingerprint density at radius 1 is 1.25 bits per heavy atom. The molecule has 2 saturated carbocycles. The number of rotatable bonds is 4. The molecule has 174 valence electrons. The molecule has 0 bridgehead atoms. The number of nitrogens with one attached hydrogen (secondary N) is 1. The first kappa shape index (κ1) is 21.9. The summed E-state index contributed by atoms with van der Waals surface area (Å²) < 4.78 is 5.94. The molecule has 2 aliphatic heterocycles. The van der Waals surface area contributed by atoms with Crippen molar-refractivity contribution in [2.24, 2.45) is 23.2 Å². The molecule has 0 radical (unpaired) electrons. The highest BCUT2D eigenvalue weighted by atomic mass is 16.8. The number of carbonyl (C=O) groups is 1. The largest absolute Gasteiger partial charge is 0.595 e. The number of quaternary nitrogens is 1. The van der Waals surface area contributed by atoms with Crippen molar-refractivity contribution in [2.75, 3.05) is 37.6 Å². The number of anilines is 1. The van der Waals surface area contributed by atoms with Crippen molar-refractivity contribution in [1.82, 2.24) is 4.90 Å². The topological polar surface area (TPSA) is 80.5 Å². The third kappa shape index (κ3) is 3.96. The number of allylic oxidation sites excluding steroid dienone is 1. The fraction of sp³-hybridized carbons (Fsp3) is 0.640. The number of ether oxygens (including phenoxy) is 1. The lowest BCUT2D eigenvalue weighted by Gasteiger charge is -2.50. The molecule has 7 heteroatoms. The summed E-state index contributed by atoms with van der Waals surface area (Å²) in [6.07, 6.45) is 5.68. The van der Waals surface area contributed by atoms with Gasteiger partial charge in [0.1, 0.15) is 6.10 Å². The van der Waals surface area contributed by atoms with Gasteiger partial charge in [-0.2, -0.15) is 5.23 Å². The first-order valence-electron chi connectivity index (χ1n) is 12.0. The highest BCUT2D eigenvalue weighted by Crippen LogP contribution is 2.56. The van der Waals surface area contributed by atoms with Crippen LogP contribution >= 0.6 is 0 Å². The summed E-state index contributed by atoms with van der Waals surface area (Å²) in [5.74, 6) is 0.817. The monoisotopic (exact) mass is 441 g/mol. The van der Waals surface area contributed by atoms with E-state index in [1.54, 1.807) is 12.1 Å². The smallest absolute Gasteiger partial charge is 0.310 e. The summed E-state index contributed by atoms with van der Waals surface area (Å²) in [4.78, 5) is 17.5. The van der Waals surface area contributed by atoms with E-state index in [1.165, 1.54) is 18.4 Å². The molecule has 0 aromatic heterocycles. The highest BCUT2D eigenvalue weighted by molar-refractivity contribution is 5.75. The molecule has 7 nitrogen and oxygen atoms in total. The molecule has 4 fully saturated rings. The molecule has 32 heavy (non-hydrogen) atoms. The Morgan fingerprint density at radius 3 is 2.66 bits per heavy atom. The van der Waals surface area contributed by atoms with Gasteiger partial charge in [-0.25, -0.2) is 5.21 Å². The molecular formula is C25H35N3O4. The van der Waals surface area contributed by atoms with E-state index < -0.39 is 5.23 Å². The third-order valence-corrected chi connectivity index (χ3v) is 8.63. The van der Waals surface area contributed by atoms with E-state index in [1.807, 2.05) is 12.1 Å². The lowest BCUT2D eigenvalue weighted by molar-refractivity contribution is -0.991. The molecule has 0 spiro atoms. The van der Waals surface area contributed by atoms with Gasteiger partial charge in [0, 0.05) is 56.5 Å². The summed E-state index contributed by atoms with van der Waals surface area (Å²) in [7, 11) is 0. The average molecular weight is 442 g/mol. The molecule has 2 heterocycles. The van der Waals surface area contributed by atoms with Crippen LogP contribution in [0.2, 0.25) is 0 Å². The molecule has 2 aliphatic carbocycles. The van der Waals surface area contributed by atoms with E-state index in [-0.39, 0.29) is 23.4 Å². The number of piperazine rings is 1. The minimum absolute atomic E-state index is 0.000418. The Labute approximate surface area is 190 Å². The van der Waals surface area contributed by atoms with Crippen molar-refractivity contribution in [3.8, 4) is 0 Å². The first-order chi connectivity index (χ1) is 15.3. The van der Waals surface area contributed by atoms with Crippen molar-refractivity contribution in [1.29, 1.82) is 0 Å². The van der Waals surface area contributed by atoms with Crippen molar-refractivity contribution in [2.45, 2.75) is 45.1 Å². The zero-order valence-electron chi connectivity index (χ0n) is 19.0. The van der Waals surface area contributed by atoms with Crippen LogP contribution in [0.15, 0.2) is 36.4 Å². The SMILES string of the molecule is C=C1CCC[C@]2(C)C[C@H]3OC(=O)[C@H](CN4CCN(c5ccc([NH+]([O-])O)cc5)CC4)[C@@H]3C[C@@H]12. The predicted molar refractivity (Wildman–Crippen MR) is 122 cm³/mol. The second-order valence-electron chi connectivity index (χ2n) is 10.5. The van der Waals surface area contributed by atoms with Gasteiger partial charge in [0.25, 0.3) is 0 Å². The van der Waals surface area contributed by atoms with E-state index in [0.29, 0.717) is 17.5 Å². The third-order valence-electron chi connectivity index (χ3n) is 8.63. The van der Waals surface area contributed by atoms with Crippen molar-refractivity contribution in [3.05, 3.63) is 41.6 Å². The van der Waals surface area contributed by atoms with Gasteiger partial charge in [0.2, 0.25) is 0 Å². The Balaban J connectivity index is 1.20. The Kier molecular flexibility index (Phi) is 5.78. The summed E-state index contributed by atoms with van der Waals surface area (Å²) in [6, 6.07) is 7.09. The lowest BCUT2D eigenvalue weighted by Crippen LogP contribution is -2.99. The molecule has 2 saturated heterocycles. The standard InChI is InChI=1S/C25H35N3O4/c1-17-4-3-9-25(2)15-23-20(14-22(17)25)21(24(29)32-23)16-26-10-12-27(13-11-26)18-5-7-19(8-6-18)28(30)31/h5-8,20-23,28,30H,1,3-4,9-16H2,2H3/t20-,21+,22-,23+,25+/m0/s1. The van der Waals surface area contributed by atoms with Crippen molar-refractivity contribution < 1.29 is 20.0 Å². The van der Waals surface area contributed by atoms with Gasteiger partial charge in [-0.05, 0) is 55.6 Å². The van der Waals surface area contributed by atoms with E-state index in [0.717, 1.165) is 57.7 Å². The van der Waals surface area contributed by atoms with Crippen molar-refractivity contribution in [3.63, 3.8) is 0 Å². The Hall–Kier alpha value is -1.93. The zero-order valence-corrected chi connectivity index (χ0v) is 19.0. The summed E-state index contributed by atoms with van der Waals surface area (Å²) in [6.45, 7) is 11.1. The van der Waals surface area contributed by atoms with Crippen LogP contribution < -0.4 is 10.1 Å². The normalized spacial score (nSPS) is 36.4. The molecule has 1 unspecified atom stereocenters. The van der Waals surface area contributed by atoms with Crippen LogP contribution in [0, 0.1) is 28.4 Å². The van der Waals surface area contributed by atoms with Crippen LogP contribution in [0.5, 0.6) is 0 Å². The fourth-order valence-electron chi connectivity index (χ4n) is 6.75. The van der Waals surface area contributed by atoms with Crippen LogP contribution in [0.1, 0.15) is 39.0 Å². The maximum absolute atomic E-state index is 12.8. The summed E-state index contributed by atoms with van der Waals surface area (Å²) >= 11 is 0. The van der Waals surface area contributed by atoms with Gasteiger partial charge in [-0.3, -0.25) is 9.69 Å². The number of benzene rings is 1. The van der Waals surface area contributed by atoms with Crippen LogP contribution in [0.3, 0.4) is 0 Å². The maximum atomic E-state index is 12.8.